The molecule has 0 aliphatic rings. The molecule has 0 aliphatic heterocycles. The molecule has 3 rings (SSSR count). The zero-order chi connectivity index (χ0) is 15.4. The van der Waals surface area contributed by atoms with Crippen molar-refractivity contribution in [3.05, 3.63) is 72.0 Å². The molecule has 22 heavy (non-hydrogen) atoms. The zero-order valence-corrected chi connectivity index (χ0v) is 12.1. The number of benzene rings is 2. The van der Waals surface area contributed by atoms with Gasteiger partial charge in [-0.15, -0.1) is 0 Å². The largest absolute Gasteiger partial charge is 0.399 e. The van der Waals surface area contributed by atoms with E-state index in [-0.39, 0.29) is 0 Å². The van der Waals surface area contributed by atoms with Crippen LogP contribution in [0.5, 0.6) is 0 Å². The molecule has 112 valence electrons. The van der Waals surface area contributed by atoms with Crippen molar-refractivity contribution in [1.82, 2.24) is 5.16 Å². The first-order chi connectivity index (χ1) is 10.7. The minimum atomic E-state index is 0.719. The molecular formula is C17H18N4O. The van der Waals surface area contributed by atoms with Crippen LogP contribution in [0.15, 0.2) is 65.4 Å². The van der Waals surface area contributed by atoms with Gasteiger partial charge in [0.05, 0.1) is 0 Å². The third-order valence-electron chi connectivity index (χ3n) is 3.45. The fourth-order valence-electron chi connectivity index (χ4n) is 2.27. The molecule has 4 N–H and O–H groups in total. The lowest BCUT2D eigenvalue weighted by Crippen LogP contribution is -2.22. The second-order valence-corrected chi connectivity index (χ2v) is 5.20. The van der Waals surface area contributed by atoms with Crippen LogP contribution in [0.3, 0.4) is 0 Å². The van der Waals surface area contributed by atoms with E-state index in [9.17, 15) is 0 Å². The van der Waals surface area contributed by atoms with Crippen molar-refractivity contribution in [2.45, 2.75) is 13.1 Å². The van der Waals surface area contributed by atoms with Crippen molar-refractivity contribution in [3.63, 3.8) is 0 Å². The van der Waals surface area contributed by atoms with Crippen LogP contribution in [0.25, 0.3) is 0 Å². The molecule has 5 heteroatoms. The first kappa shape index (κ1) is 14.0. The number of hydrogen-bond donors (Lipinski definition) is 2. The SMILES string of the molecule is Nc1ccc(CN(Cc2ccc(N)cc2)c2ccon2)cc1. The highest BCUT2D eigenvalue weighted by Crippen LogP contribution is 2.19. The van der Waals surface area contributed by atoms with Gasteiger partial charge in [0.2, 0.25) is 0 Å². The Kier molecular flexibility index (Phi) is 3.96. The summed E-state index contributed by atoms with van der Waals surface area (Å²) in [7, 11) is 0. The molecular weight excluding hydrogens is 276 g/mol. The molecule has 1 heterocycles. The number of rotatable bonds is 5. The van der Waals surface area contributed by atoms with E-state index in [0.717, 1.165) is 41.4 Å². The number of anilines is 3. The summed E-state index contributed by atoms with van der Waals surface area (Å²) in [4.78, 5) is 2.14. The Balaban J connectivity index is 1.81. The Bertz CT molecular complexity index is 658. The van der Waals surface area contributed by atoms with Crippen molar-refractivity contribution in [2.75, 3.05) is 16.4 Å². The molecule has 1 aromatic heterocycles. The summed E-state index contributed by atoms with van der Waals surface area (Å²) < 4.78 is 4.98. The maximum atomic E-state index is 5.74. The standard InChI is InChI=1S/C17H18N4O/c18-15-5-1-13(2-6-15)11-21(17-9-10-22-20-17)12-14-3-7-16(19)8-4-14/h1-10H,11-12,18-19H2. The van der Waals surface area contributed by atoms with Crippen LogP contribution in [-0.4, -0.2) is 5.16 Å². The number of nitrogens with two attached hydrogens (primary N) is 2. The Morgan fingerprint density at radius 2 is 1.27 bits per heavy atom. The van der Waals surface area contributed by atoms with Crippen molar-refractivity contribution >= 4 is 17.2 Å². The third kappa shape index (κ3) is 3.38. The molecule has 0 atom stereocenters. The Labute approximate surface area is 129 Å². The average molecular weight is 294 g/mol. The highest BCUT2D eigenvalue weighted by atomic mass is 16.5. The third-order valence-corrected chi connectivity index (χ3v) is 3.45. The number of hydrogen-bond acceptors (Lipinski definition) is 5. The quantitative estimate of drug-likeness (QED) is 0.707. The fourth-order valence-corrected chi connectivity index (χ4v) is 2.27. The van der Waals surface area contributed by atoms with Gasteiger partial charge in [-0.05, 0) is 35.4 Å². The predicted molar refractivity (Wildman–Crippen MR) is 88.1 cm³/mol. The van der Waals surface area contributed by atoms with Gasteiger partial charge in [-0.25, -0.2) is 0 Å². The topological polar surface area (TPSA) is 81.3 Å². The summed E-state index contributed by atoms with van der Waals surface area (Å²) in [5.41, 5.74) is 15.3. The fraction of sp³-hybridized carbons (Fsp3) is 0.118. The molecule has 0 saturated carbocycles. The predicted octanol–water partition coefficient (Wildman–Crippen LogP) is 3.05. The minimum Gasteiger partial charge on any atom is -0.399 e. The first-order valence-electron chi connectivity index (χ1n) is 7.05. The van der Waals surface area contributed by atoms with Gasteiger partial charge in [-0.3, -0.25) is 0 Å². The van der Waals surface area contributed by atoms with Gasteiger partial charge in [0, 0.05) is 30.5 Å². The Hall–Kier alpha value is -2.95. The van der Waals surface area contributed by atoms with Gasteiger partial charge < -0.3 is 20.9 Å². The first-order valence-corrected chi connectivity index (χ1v) is 7.05. The van der Waals surface area contributed by atoms with E-state index in [2.05, 4.69) is 10.1 Å². The molecule has 2 aromatic carbocycles. The van der Waals surface area contributed by atoms with Gasteiger partial charge >= 0.3 is 0 Å². The lowest BCUT2D eigenvalue weighted by Gasteiger charge is -2.22. The van der Waals surface area contributed by atoms with Crippen molar-refractivity contribution in [3.8, 4) is 0 Å². The number of aromatic nitrogens is 1. The van der Waals surface area contributed by atoms with E-state index in [1.54, 1.807) is 6.26 Å². The van der Waals surface area contributed by atoms with Gasteiger partial charge in [-0.1, -0.05) is 29.4 Å². The summed E-state index contributed by atoms with van der Waals surface area (Å²) >= 11 is 0. The summed E-state index contributed by atoms with van der Waals surface area (Å²) in [6, 6.07) is 17.5. The van der Waals surface area contributed by atoms with E-state index in [1.807, 2.05) is 54.6 Å². The second-order valence-electron chi connectivity index (χ2n) is 5.20. The molecule has 0 spiro atoms. The maximum Gasteiger partial charge on any atom is 0.172 e. The van der Waals surface area contributed by atoms with Gasteiger partial charge in [0.25, 0.3) is 0 Å². The van der Waals surface area contributed by atoms with E-state index in [1.165, 1.54) is 0 Å². The maximum absolute atomic E-state index is 5.74. The second kappa shape index (κ2) is 6.22. The van der Waals surface area contributed by atoms with Gasteiger partial charge in [-0.2, -0.15) is 0 Å². The summed E-state index contributed by atoms with van der Waals surface area (Å²) in [5.74, 6) is 0.800. The summed E-state index contributed by atoms with van der Waals surface area (Å²) in [5, 5.41) is 4.05. The highest BCUT2D eigenvalue weighted by Gasteiger charge is 2.11. The molecule has 0 bridgehead atoms. The molecule has 0 radical (unpaired) electrons. The van der Waals surface area contributed by atoms with Crippen LogP contribution in [0.4, 0.5) is 17.2 Å². The number of nitrogens with zero attached hydrogens (tertiary/aromatic N) is 2. The van der Waals surface area contributed by atoms with E-state index < -0.39 is 0 Å². The molecule has 0 saturated heterocycles. The van der Waals surface area contributed by atoms with Crippen molar-refractivity contribution in [1.29, 1.82) is 0 Å². The highest BCUT2D eigenvalue weighted by molar-refractivity contribution is 5.44. The van der Waals surface area contributed by atoms with Crippen LogP contribution in [0, 0.1) is 0 Å². The zero-order valence-electron chi connectivity index (χ0n) is 12.1. The molecule has 0 aliphatic carbocycles. The summed E-state index contributed by atoms with van der Waals surface area (Å²) in [6.07, 6.45) is 1.58. The summed E-state index contributed by atoms with van der Waals surface area (Å²) in [6.45, 7) is 1.44. The van der Waals surface area contributed by atoms with E-state index in [4.69, 9.17) is 16.0 Å². The molecule has 0 fully saturated rings. The lowest BCUT2D eigenvalue weighted by atomic mass is 10.1. The van der Waals surface area contributed by atoms with Crippen molar-refractivity contribution < 1.29 is 4.52 Å². The molecule has 5 nitrogen and oxygen atoms in total. The van der Waals surface area contributed by atoms with Crippen LogP contribution in [0.2, 0.25) is 0 Å². The Morgan fingerprint density at radius 1 is 0.773 bits per heavy atom. The average Bonchev–Trinajstić information content (AvgIpc) is 3.05. The van der Waals surface area contributed by atoms with Crippen LogP contribution >= 0.6 is 0 Å². The monoisotopic (exact) mass is 294 g/mol. The van der Waals surface area contributed by atoms with Gasteiger partial charge in [0.1, 0.15) is 6.26 Å². The minimum absolute atomic E-state index is 0.719. The normalized spacial score (nSPS) is 10.5. The van der Waals surface area contributed by atoms with Crippen LogP contribution in [0.1, 0.15) is 11.1 Å². The Morgan fingerprint density at radius 3 is 1.68 bits per heavy atom. The van der Waals surface area contributed by atoms with Crippen LogP contribution < -0.4 is 16.4 Å². The lowest BCUT2D eigenvalue weighted by molar-refractivity contribution is 0.418. The molecule has 3 aromatic rings. The molecule has 0 amide bonds. The smallest absolute Gasteiger partial charge is 0.172 e. The van der Waals surface area contributed by atoms with E-state index in [0.29, 0.717) is 0 Å². The molecule has 0 unspecified atom stereocenters. The van der Waals surface area contributed by atoms with Crippen molar-refractivity contribution in [2.24, 2.45) is 0 Å². The van der Waals surface area contributed by atoms with Gasteiger partial charge in [0.15, 0.2) is 5.82 Å². The number of nitrogen functional groups attached to an aromatic ring is 2. The van der Waals surface area contributed by atoms with E-state index >= 15 is 0 Å². The van der Waals surface area contributed by atoms with Crippen LogP contribution in [-0.2, 0) is 13.1 Å².